The van der Waals surface area contributed by atoms with Crippen molar-refractivity contribution < 1.29 is 4.42 Å². The second kappa shape index (κ2) is 5.87. The zero-order valence-corrected chi connectivity index (χ0v) is 12.1. The Labute approximate surface area is 124 Å². The molecule has 1 aromatic heterocycles. The third-order valence-electron chi connectivity index (χ3n) is 3.40. The van der Waals surface area contributed by atoms with Crippen LogP contribution >= 0.6 is 0 Å². The number of nitrogen functional groups attached to an aromatic ring is 1. The van der Waals surface area contributed by atoms with Crippen LogP contribution in [0.4, 0.5) is 11.7 Å². The van der Waals surface area contributed by atoms with Crippen LogP contribution in [-0.4, -0.2) is 11.5 Å². The van der Waals surface area contributed by atoms with Gasteiger partial charge in [0, 0.05) is 18.8 Å². The lowest BCUT2D eigenvalue weighted by Gasteiger charge is -2.19. The van der Waals surface area contributed by atoms with Crippen LogP contribution in [0.3, 0.4) is 0 Å². The summed E-state index contributed by atoms with van der Waals surface area (Å²) in [5.41, 5.74) is 9.43. The first-order valence-electron chi connectivity index (χ1n) is 7.21. The number of aromatic nitrogens is 1. The summed E-state index contributed by atoms with van der Waals surface area (Å²) in [4.78, 5) is 6.74. The first-order valence-corrected chi connectivity index (χ1v) is 7.21. The van der Waals surface area contributed by atoms with Crippen molar-refractivity contribution in [2.45, 2.75) is 19.9 Å². The molecule has 108 valence electrons. The minimum atomic E-state index is 0.676. The van der Waals surface area contributed by atoms with Crippen molar-refractivity contribution in [3.05, 3.63) is 54.1 Å². The molecule has 0 radical (unpaired) electrons. The summed E-state index contributed by atoms with van der Waals surface area (Å²) < 4.78 is 5.87. The van der Waals surface area contributed by atoms with Gasteiger partial charge in [0.1, 0.15) is 5.52 Å². The minimum Gasteiger partial charge on any atom is -0.423 e. The molecule has 1 heterocycles. The van der Waals surface area contributed by atoms with E-state index in [1.54, 1.807) is 0 Å². The number of fused-ring (bicyclic) bond motifs is 1. The van der Waals surface area contributed by atoms with Gasteiger partial charge in [-0.3, -0.25) is 0 Å². The molecule has 2 N–H and O–H groups in total. The highest BCUT2D eigenvalue weighted by molar-refractivity contribution is 5.74. The Kier molecular flexibility index (Phi) is 3.77. The number of hydrogen-bond acceptors (Lipinski definition) is 4. The van der Waals surface area contributed by atoms with Gasteiger partial charge in [-0.15, -0.1) is 0 Å². The predicted molar refractivity (Wildman–Crippen MR) is 86.2 cm³/mol. The SMILES string of the molecule is CCCN(Cc1ccc(N)cc1)c1nc2ccccc2o1. The van der Waals surface area contributed by atoms with Crippen LogP contribution in [-0.2, 0) is 6.54 Å². The summed E-state index contributed by atoms with van der Waals surface area (Å²) in [5.74, 6) is 0. The van der Waals surface area contributed by atoms with Crippen LogP contribution in [0.15, 0.2) is 52.9 Å². The normalized spacial score (nSPS) is 10.9. The largest absolute Gasteiger partial charge is 0.423 e. The molecule has 0 aliphatic heterocycles. The molecule has 4 heteroatoms. The fraction of sp³-hybridized carbons (Fsp3) is 0.235. The van der Waals surface area contributed by atoms with Crippen LogP contribution in [0, 0.1) is 0 Å². The molecule has 0 bridgehead atoms. The van der Waals surface area contributed by atoms with E-state index in [9.17, 15) is 0 Å². The van der Waals surface area contributed by atoms with Gasteiger partial charge in [-0.2, -0.15) is 4.98 Å². The first kappa shape index (κ1) is 13.5. The Balaban J connectivity index is 1.87. The Morgan fingerprint density at radius 3 is 2.57 bits per heavy atom. The summed E-state index contributed by atoms with van der Waals surface area (Å²) >= 11 is 0. The Morgan fingerprint density at radius 2 is 1.86 bits per heavy atom. The summed E-state index contributed by atoms with van der Waals surface area (Å²) in [6.07, 6.45) is 1.04. The van der Waals surface area contributed by atoms with Crippen molar-refractivity contribution in [3.63, 3.8) is 0 Å². The molecule has 0 atom stereocenters. The topological polar surface area (TPSA) is 55.3 Å². The van der Waals surface area contributed by atoms with Gasteiger partial charge in [-0.1, -0.05) is 31.2 Å². The van der Waals surface area contributed by atoms with E-state index in [1.807, 2.05) is 48.5 Å². The van der Waals surface area contributed by atoms with E-state index in [1.165, 1.54) is 5.56 Å². The number of para-hydroxylation sites is 2. The van der Waals surface area contributed by atoms with Crippen LogP contribution in [0.25, 0.3) is 11.1 Å². The van der Waals surface area contributed by atoms with Crippen molar-refractivity contribution in [1.82, 2.24) is 4.98 Å². The molecule has 0 unspecified atom stereocenters. The van der Waals surface area contributed by atoms with Gasteiger partial charge in [0.25, 0.3) is 6.01 Å². The number of nitrogens with zero attached hydrogens (tertiary/aromatic N) is 2. The number of nitrogens with two attached hydrogens (primary N) is 1. The number of oxazole rings is 1. The molecule has 0 spiro atoms. The highest BCUT2D eigenvalue weighted by Gasteiger charge is 2.13. The standard InChI is InChI=1S/C17H19N3O/c1-2-11-20(12-13-7-9-14(18)10-8-13)17-19-15-5-3-4-6-16(15)21-17/h3-10H,2,11-12,18H2,1H3. The van der Waals surface area contributed by atoms with Gasteiger partial charge in [0.05, 0.1) is 0 Å². The van der Waals surface area contributed by atoms with Crippen LogP contribution in [0.1, 0.15) is 18.9 Å². The average Bonchev–Trinajstić information content (AvgIpc) is 2.93. The maximum Gasteiger partial charge on any atom is 0.298 e. The Bertz CT molecular complexity index is 685. The zero-order chi connectivity index (χ0) is 14.7. The summed E-state index contributed by atoms with van der Waals surface area (Å²) in [5, 5.41) is 0. The number of rotatable bonds is 5. The third kappa shape index (κ3) is 2.99. The van der Waals surface area contributed by atoms with Crippen molar-refractivity contribution in [1.29, 1.82) is 0 Å². The molecule has 3 rings (SSSR count). The van der Waals surface area contributed by atoms with Gasteiger partial charge >= 0.3 is 0 Å². The second-order valence-corrected chi connectivity index (χ2v) is 5.13. The van der Waals surface area contributed by atoms with E-state index in [0.717, 1.165) is 36.3 Å². The van der Waals surface area contributed by atoms with Crippen LogP contribution in [0.5, 0.6) is 0 Å². The lowest BCUT2D eigenvalue weighted by atomic mass is 10.2. The van der Waals surface area contributed by atoms with Gasteiger partial charge in [0.15, 0.2) is 5.58 Å². The predicted octanol–water partition coefficient (Wildman–Crippen LogP) is 3.83. The second-order valence-electron chi connectivity index (χ2n) is 5.13. The molecule has 0 fully saturated rings. The molecule has 2 aromatic carbocycles. The molecule has 3 aromatic rings. The average molecular weight is 281 g/mol. The Hall–Kier alpha value is -2.49. The molecule has 0 saturated heterocycles. The van der Waals surface area contributed by atoms with Crippen molar-refractivity contribution in [3.8, 4) is 0 Å². The number of anilines is 2. The van der Waals surface area contributed by atoms with E-state index < -0.39 is 0 Å². The van der Waals surface area contributed by atoms with E-state index >= 15 is 0 Å². The molecule has 4 nitrogen and oxygen atoms in total. The lowest BCUT2D eigenvalue weighted by molar-refractivity contribution is 0.561. The first-order chi connectivity index (χ1) is 10.3. The quantitative estimate of drug-likeness (QED) is 0.722. The van der Waals surface area contributed by atoms with Crippen molar-refractivity contribution >= 4 is 22.8 Å². The van der Waals surface area contributed by atoms with E-state index in [0.29, 0.717) is 6.01 Å². The van der Waals surface area contributed by atoms with Gasteiger partial charge < -0.3 is 15.1 Å². The molecule has 0 amide bonds. The smallest absolute Gasteiger partial charge is 0.298 e. The molecular weight excluding hydrogens is 262 g/mol. The molecule has 0 aliphatic rings. The minimum absolute atomic E-state index is 0.676. The zero-order valence-electron chi connectivity index (χ0n) is 12.1. The van der Waals surface area contributed by atoms with Crippen molar-refractivity contribution in [2.75, 3.05) is 17.2 Å². The molecular formula is C17H19N3O. The van der Waals surface area contributed by atoms with Gasteiger partial charge in [-0.05, 0) is 36.2 Å². The highest BCUT2D eigenvalue weighted by atomic mass is 16.4. The summed E-state index contributed by atoms with van der Waals surface area (Å²) in [6, 6.07) is 16.4. The lowest BCUT2D eigenvalue weighted by Crippen LogP contribution is -2.23. The van der Waals surface area contributed by atoms with E-state index in [4.69, 9.17) is 10.2 Å². The molecule has 0 aliphatic carbocycles. The third-order valence-corrected chi connectivity index (χ3v) is 3.40. The number of benzene rings is 2. The fourth-order valence-electron chi connectivity index (χ4n) is 2.35. The van der Waals surface area contributed by atoms with Gasteiger partial charge in [-0.25, -0.2) is 0 Å². The maximum atomic E-state index is 5.87. The van der Waals surface area contributed by atoms with Gasteiger partial charge in [0.2, 0.25) is 0 Å². The highest BCUT2D eigenvalue weighted by Crippen LogP contribution is 2.23. The maximum absolute atomic E-state index is 5.87. The molecule has 21 heavy (non-hydrogen) atoms. The van der Waals surface area contributed by atoms with E-state index in [-0.39, 0.29) is 0 Å². The van der Waals surface area contributed by atoms with E-state index in [2.05, 4.69) is 16.8 Å². The monoisotopic (exact) mass is 281 g/mol. The van der Waals surface area contributed by atoms with Crippen LogP contribution < -0.4 is 10.6 Å². The Morgan fingerprint density at radius 1 is 1.10 bits per heavy atom. The van der Waals surface area contributed by atoms with Crippen molar-refractivity contribution in [2.24, 2.45) is 0 Å². The molecule has 0 saturated carbocycles. The fourth-order valence-corrected chi connectivity index (χ4v) is 2.35. The number of hydrogen-bond donors (Lipinski definition) is 1. The summed E-state index contributed by atoms with van der Waals surface area (Å²) in [6.45, 7) is 3.82. The summed E-state index contributed by atoms with van der Waals surface area (Å²) in [7, 11) is 0. The van der Waals surface area contributed by atoms with Crippen LogP contribution in [0.2, 0.25) is 0 Å².